The molecule has 0 spiro atoms. The smallest absolute Gasteiger partial charge is 0.226 e. The van der Waals surface area contributed by atoms with Crippen molar-refractivity contribution in [3.63, 3.8) is 0 Å². The van der Waals surface area contributed by atoms with Gasteiger partial charge in [-0.25, -0.2) is 0 Å². The molecule has 1 rings (SSSR count). The third-order valence-corrected chi connectivity index (χ3v) is 1.64. The molecule has 1 aromatic heterocycles. The Morgan fingerprint density at radius 3 is 2.69 bits per heavy atom. The van der Waals surface area contributed by atoms with Crippen LogP contribution in [0.15, 0.2) is 4.52 Å². The number of hydrogen-bond donors (Lipinski definition) is 3. The molecule has 6 heteroatoms. The van der Waals surface area contributed by atoms with Crippen LogP contribution in [-0.4, -0.2) is 32.7 Å². The van der Waals surface area contributed by atoms with E-state index in [1.807, 2.05) is 0 Å². The van der Waals surface area contributed by atoms with E-state index < -0.39 is 12.3 Å². The zero-order valence-corrected chi connectivity index (χ0v) is 7.34. The Morgan fingerprint density at radius 1 is 1.54 bits per heavy atom. The molecule has 0 radical (unpaired) electrons. The number of rotatable bonds is 4. The summed E-state index contributed by atoms with van der Waals surface area (Å²) in [6.07, 6.45) is -0.636. The van der Waals surface area contributed by atoms with Crippen molar-refractivity contribution in [1.29, 1.82) is 0 Å². The van der Waals surface area contributed by atoms with Crippen LogP contribution in [0.5, 0.6) is 0 Å². The molecule has 13 heavy (non-hydrogen) atoms. The summed E-state index contributed by atoms with van der Waals surface area (Å²) >= 11 is 0. The average molecular weight is 187 g/mol. The van der Waals surface area contributed by atoms with E-state index in [2.05, 4.69) is 10.1 Å². The van der Waals surface area contributed by atoms with Gasteiger partial charge in [-0.2, -0.15) is 4.98 Å². The van der Waals surface area contributed by atoms with Crippen molar-refractivity contribution in [2.24, 2.45) is 5.73 Å². The van der Waals surface area contributed by atoms with Crippen LogP contribution in [0, 0.1) is 6.92 Å². The van der Waals surface area contributed by atoms with Crippen molar-refractivity contribution in [2.75, 3.05) is 0 Å². The Hall–Kier alpha value is -0.980. The van der Waals surface area contributed by atoms with Gasteiger partial charge >= 0.3 is 0 Å². The van der Waals surface area contributed by atoms with Crippen molar-refractivity contribution in [3.8, 4) is 0 Å². The van der Waals surface area contributed by atoms with Gasteiger partial charge in [0, 0.05) is 6.42 Å². The van der Waals surface area contributed by atoms with E-state index in [-0.39, 0.29) is 0 Å². The molecule has 1 unspecified atom stereocenters. The molecule has 1 aromatic rings. The van der Waals surface area contributed by atoms with Crippen LogP contribution < -0.4 is 5.73 Å². The average Bonchev–Trinajstić information content (AvgIpc) is 2.47. The standard InChI is InChI=1S/C7H13N3O3/c1-4-9-6(13-10-4)3-2-5(8)7(11)12/h5,7,11-12H,2-3,8H2,1H3. The number of hydrogen-bond acceptors (Lipinski definition) is 6. The molecule has 0 fully saturated rings. The minimum absolute atomic E-state index is 0.402. The lowest BCUT2D eigenvalue weighted by Gasteiger charge is -2.11. The Bertz CT molecular complexity index is 261. The van der Waals surface area contributed by atoms with Crippen molar-refractivity contribution >= 4 is 0 Å². The van der Waals surface area contributed by atoms with Gasteiger partial charge in [-0.05, 0) is 13.3 Å². The summed E-state index contributed by atoms with van der Waals surface area (Å²) < 4.78 is 4.81. The van der Waals surface area contributed by atoms with Gasteiger partial charge in [0.15, 0.2) is 12.1 Å². The second-order valence-corrected chi connectivity index (χ2v) is 2.85. The monoisotopic (exact) mass is 187 g/mol. The lowest BCUT2D eigenvalue weighted by Crippen LogP contribution is -2.34. The molecule has 0 aliphatic rings. The zero-order valence-electron chi connectivity index (χ0n) is 7.34. The van der Waals surface area contributed by atoms with Gasteiger partial charge in [-0.15, -0.1) is 0 Å². The lowest BCUT2D eigenvalue weighted by atomic mass is 10.1. The van der Waals surface area contributed by atoms with Gasteiger partial charge in [0.2, 0.25) is 5.89 Å². The number of aryl methyl sites for hydroxylation is 2. The van der Waals surface area contributed by atoms with Crippen LogP contribution in [0.1, 0.15) is 18.1 Å². The topological polar surface area (TPSA) is 105 Å². The first-order valence-corrected chi connectivity index (χ1v) is 4.00. The summed E-state index contributed by atoms with van der Waals surface area (Å²) in [5, 5.41) is 20.9. The van der Waals surface area contributed by atoms with Crippen LogP contribution >= 0.6 is 0 Å². The van der Waals surface area contributed by atoms with Gasteiger partial charge in [0.05, 0.1) is 6.04 Å². The largest absolute Gasteiger partial charge is 0.367 e. The summed E-state index contributed by atoms with van der Waals surface area (Å²) in [6.45, 7) is 1.72. The first-order valence-electron chi connectivity index (χ1n) is 4.00. The Balaban J connectivity index is 2.35. The lowest BCUT2D eigenvalue weighted by molar-refractivity contribution is -0.0597. The number of aliphatic hydroxyl groups is 2. The molecule has 6 nitrogen and oxygen atoms in total. The van der Waals surface area contributed by atoms with E-state index in [0.29, 0.717) is 24.6 Å². The van der Waals surface area contributed by atoms with Crippen LogP contribution in [0.3, 0.4) is 0 Å². The van der Waals surface area contributed by atoms with Crippen LogP contribution in [0.25, 0.3) is 0 Å². The molecule has 0 aromatic carbocycles. The first-order chi connectivity index (χ1) is 6.09. The normalized spacial score (nSPS) is 13.6. The van der Waals surface area contributed by atoms with Crippen LogP contribution in [0.2, 0.25) is 0 Å². The fourth-order valence-corrected chi connectivity index (χ4v) is 0.881. The Labute approximate surface area is 75.4 Å². The predicted octanol–water partition coefficient (Wildman–Crippen LogP) is -1.05. The molecule has 0 aliphatic heterocycles. The fourth-order valence-electron chi connectivity index (χ4n) is 0.881. The minimum atomic E-state index is -1.50. The third-order valence-electron chi connectivity index (χ3n) is 1.64. The number of nitrogens with zero attached hydrogens (tertiary/aromatic N) is 2. The highest BCUT2D eigenvalue weighted by atomic mass is 16.5. The molecule has 0 saturated carbocycles. The van der Waals surface area contributed by atoms with E-state index >= 15 is 0 Å². The Morgan fingerprint density at radius 2 is 2.23 bits per heavy atom. The van der Waals surface area contributed by atoms with Gasteiger partial charge in [0.1, 0.15) is 0 Å². The molecule has 1 atom stereocenters. The molecule has 0 amide bonds. The van der Waals surface area contributed by atoms with Gasteiger partial charge < -0.3 is 20.5 Å². The van der Waals surface area contributed by atoms with Crippen LogP contribution in [0.4, 0.5) is 0 Å². The van der Waals surface area contributed by atoms with Gasteiger partial charge in [-0.3, -0.25) is 0 Å². The third kappa shape index (κ3) is 3.10. The van der Waals surface area contributed by atoms with E-state index in [4.69, 9.17) is 20.5 Å². The fraction of sp³-hybridized carbons (Fsp3) is 0.714. The summed E-state index contributed by atoms with van der Waals surface area (Å²) in [7, 11) is 0. The van der Waals surface area contributed by atoms with Crippen molar-refractivity contribution in [2.45, 2.75) is 32.1 Å². The highest BCUT2D eigenvalue weighted by Gasteiger charge is 2.12. The van der Waals surface area contributed by atoms with E-state index in [1.165, 1.54) is 0 Å². The van der Waals surface area contributed by atoms with Crippen molar-refractivity contribution in [3.05, 3.63) is 11.7 Å². The molecule has 0 aliphatic carbocycles. The molecular weight excluding hydrogens is 174 g/mol. The van der Waals surface area contributed by atoms with Gasteiger partial charge in [-0.1, -0.05) is 5.16 Å². The van der Waals surface area contributed by atoms with E-state index in [0.717, 1.165) is 0 Å². The maximum absolute atomic E-state index is 8.67. The van der Waals surface area contributed by atoms with E-state index in [1.54, 1.807) is 6.92 Å². The molecule has 74 valence electrons. The second kappa shape index (κ2) is 4.31. The minimum Gasteiger partial charge on any atom is -0.367 e. The molecule has 0 saturated heterocycles. The first kappa shape index (κ1) is 10.1. The highest BCUT2D eigenvalue weighted by Crippen LogP contribution is 2.03. The highest BCUT2D eigenvalue weighted by molar-refractivity contribution is 4.84. The molecule has 4 N–H and O–H groups in total. The SMILES string of the molecule is Cc1noc(CCC(N)C(O)O)n1. The summed E-state index contributed by atoms with van der Waals surface area (Å²) in [4.78, 5) is 3.95. The summed E-state index contributed by atoms with van der Waals surface area (Å²) in [6, 6.07) is -0.674. The van der Waals surface area contributed by atoms with Crippen molar-refractivity contribution in [1.82, 2.24) is 10.1 Å². The molecule has 1 heterocycles. The van der Waals surface area contributed by atoms with Crippen LogP contribution in [-0.2, 0) is 6.42 Å². The summed E-state index contributed by atoms with van der Waals surface area (Å²) in [5.41, 5.74) is 5.38. The molecular formula is C7H13N3O3. The van der Waals surface area contributed by atoms with Gasteiger partial charge in [0.25, 0.3) is 0 Å². The van der Waals surface area contributed by atoms with Crippen molar-refractivity contribution < 1.29 is 14.7 Å². The molecule has 0 bridgehead atoms. The summed E-state index contributed by atoms with van der Waals surface area (Å²) in [5.74, 6) is 1.03. The Kier molecular flexibility index (Phi) is 3.35. The zero-order chi connectivity index (χ0) is 9.84. The van der Waals surface area contributed by atoms with E-state index in [9.17, 15) is 0 Å². The predicted molar refractivity (Wildman–Crippen MR) is 43.6 cm³/mol. The maximum atomic E-state index is 8.67. The maximum Gasteiger partial charge on any atom is 0.226 e. The quantitative estimate of drug-likeness (QED) is 0.519. The second-order valence-electron chi connectivity index (χ2n) is 2.85. The number of nitrogens with two attached hydrogens (primary N) is 1. The number of aliphatic hydroxyl groups excluding tert-OH is 1. The number of aromatic nitrogens is 2.